The first-order valence-corrected chi connectivity index (χ1v) is 5.19. The number of hydrogen-bond donors (Lipinski definition) is 3. The van der Waals surface area contributed by atoms with Gasteiger partial charge in [0, 0.05) is 24.9 Å². The first kappa shape index (κ1) is 10.5. The largest absolute Gasteiger partial charge is 0.397 e. The summed E-state index contributed by atoms with van der Waals surface area (Å²) in [6, 6.07) is 1.95. The molecule has 0 radical (unpaired) electrons. The highest BCUT2D eigenvalue weighted by Gasteiger charge is 1.98. The summed E-state index contributed by atoms with van der Waals surface area (Å²) in [6.07, 6.45) is 6.07. The van der Waals surface area contributed by atoms with Crippen molar-refractivity contribution in [3.8, 4) is 0 Å². The predicted molar refractivity (Wildman–Crippen MR) is 64.2 cm³/mol. The Morgan fingerprint density at radius 2 is 2.31 bits per heavy atom. The van der Waals surface area contributed by atoms with Crippen LogP contribution in [0.1, 0.15) is 11.3 Å². The molecule has 2 heterocycles. The number of nitrogen functional groups attached to an aromatic ring is 1. The molecule has 2 rings (SSSR count). The third-order valence-corrected chi connectivity index (χ3v) is 2.41. The van der Waals surface area contributed by atoms with E-state index in [-0.39, 0.29) is 0 Å². The van der Waals surface area contributed by atoms with Gasteiger partial charge in [0.1, 0.15) is 5.82 Å². The fraction of sp³-hybridized carbons (Fsp3) is 0.273. The summed E-state index contributed by atoms with van der Waals surface area (Å²) in [5.41, 5.74) is 8.56. The lowest BCUT2D eigenvalue weighted by Gasteiger charge is -2.06. The van der Waals surface area contributed by atoms with E-state index in [2.05, 4.69) is 20.3 Å². The SMILES string of the molecule is Cc1cc(NCCc2cnc[nH]2)ncc1N. The molecule has 2 aromatic rings. The van der Waals surface area contributed by atoms with Gasteiger partial charge in [-0.25, -0.2) is 9.97 Å². The zero-order chi connectivity index (χ0) is 11.4. The van der Waals surface area contributed by atoms with Gasteiger partial charge in [-0.05, 0) is 18.6 Å². The third kappa shape index (κ3) is 2.50. The molecule has 0 unspecified atom stereocenters. The van der Waals surface area contributed by atoms with Crippen LogP contribution in [0, 0.1) is 6.92 Å². The monoisotopic (exact) mass is 217 g/mol. The Balaban J connectivity index is 1.87. The van der Waals surface area contributed by atoms with E-state index in [9.17, 15) is 0 Å². The van der Waals surface area contributed by atoms with Crippen LogP contribution in [-0.4, -0.2) is 21.5 Å². The first-order valence-electron chi connectivity index (χ1n) is 5.19. The average molecular weight is 217 g/mol. The number of H-pyrrole nitrogens is 1. The Hall–Kier alpha value is -2.04. The number of nitrogens with zero attached hydrogens (tertiary/aromatic N) is 2. The number of aryl methyl sites for hydroxylation is 1. The van der Waals surface area contributed by atoms with Crippen molar-refractivity contribution in [1.29, 1.82) is 0 Å². The molecule has 84 valence electrons. The Labute approximate surface area is 94.1 Å². The highest BCUT2D eigenvalue weighted by atomic mass is 15.0. The maximum Gasteiger partial charge on any atom is 0.126 e. The van der Waals surface area contributed by atoms with E-state index < -0.39 is 0 Å². The van der Waals surface area contributed by atoms with Crippen LogP contribution >= 0.6 is 0 Å². The second-order valence-corrected chi connectivity index (χ2v) is 3.68. The van der Waals surface area contributed by atoms with E-state index in [4.69, 9.17) is 5.73 Å². The summed E-state index contributed by atoms with van der Waals surface area (Å²) in [6.45, 7) is 2.79. The van der Waals surface area contributed by atoms with Crippen LogP contribution in [0.25, 0.3) is 0 Å². The van der Waals surface area contributed by atoms with Crippen LogP contribution in [0.4, 0.5) is 11.5 Å². The molecule has 0 aliphatic carbocycles. The molecule has 4 N–H and O–H groups in total. The molecule has 2 aromatic heterocycles. The summed E-state index contributed by atoms with van der Waals surface area (Å²) in [7, 11) is 0. The van der Waals surface area contributed by atoms with Crippen LogP contribution in [0.5, 0.6) is 0 Å². The first-order chi connectivity index (χ1) is 7.75. The number of imidazole rings is 1. The van der Waals surface area contributed by atoms with E-state index >= 15 is 0 Å². The smallest absolute Gasteiger partial charge is 0.126 e. The van der Waals surface area contributed by atoms with Crippen LogP contribution in [0.3, 0.4) is 0 Å². The minimum absolute atomic E-state index is 0.721. The Kier molecular flexibility index (Phi) is 3.05. The maximum absolute atomic E-state index is 5.69. The number of aromatic amines is 1. The second-order valence-electron chi connectivity index (χ2n) is 3.68. The Bertz CT molecular complexity index is 449. The second kappa shape index (κ2) is 4.65. The van der Waals surface area contributed by atoms with Crippen LogP contribution in [-0.2, 0) is 6.42 Å². The highest BCUT2D eigenvalue weighted by molar-refractivity contribution is 5.50. The van der Waals surface area contributed by atoms with Crippen LogP contribution in [0.2, 0.25) is 0 Å². The van der Waals surface area contributed by atoms with Gasteiger partial charge in [-0.3, -0.25) is 0 Å². The average Bonchev–Trinajstić information content (AvgIpc) is 2.76. The minimum Gasteiger partial charge on any atom is -0.397 e. The molecule has 16 heavy (non-hydrogen) atoms. The Morgan fingerprint density at radius 1 is 1.44 bits per heavy atom. The lowest BCUT2D eigenvalue weighted by Crippen LogP contribution is -2.07. The molecule has 0 aliphatic heterocycles. The molecule has 0 fully saturated rings. The molecule has 0 aromatic carbocycles. The molecule has 0 bridgehead atoms. The standard InChI is InChI=1S/C11H15N5/c1-8-4-11(15-6-10(8)12)14-3-2-9-5-13-7-16-9/h4-7H,2-3,12H2,1H3,(H,13,16)(H,14,15). The quantitative estimate of drug-likeness (QED) is 0.722. The van der Waals surface area contributed by atoms with Gasteiger partial charge in [0.15, 0.2) is 0 Å². The summed E-state index contributed by atoms with van der Waals surface area (Å²) in [5.74, 6) is 0.853. The number of hydrogen-bond acceptors (Lipinski definition) is 4. The van der Waals surface area contributed by atoms with Crippen molar-refractivity contribution in [3.05, 3.63) is 36.0 Å². The van der Waals surface area contributed by atoms with Crippen molar-refractivity contribution in [1.82, 2.24) is 15.0 Å². The number of rotatable bonds is 4. The molecule has 0 spiro atoms. The number of nitrogens with one attached hydrogen (secondary N) is 2. The van der Waals surface area contributed by atoms with E-state index in [1.54, 1.807) is 12.5 Å². The number of nitrogens with two attached hydrogens (primary N) is 1. The zero-order valence-corrected chi connectivity index (χ0v) is 9.20. The van der Waals surface area contributed by atoms with Crippen molar-refractivity contribution < 1.29 is 0 Å². The molecule has 0 amide bonds. The fourth-order valence-electron chi connectivity index (χ4n) is 1.41. The maximum atomic E-state index is 5.69. The van der Waals surface area contributed by atoms with Crippen molar-refractivity contribution >= 4 is 11.5 Å². The lowest BCUT2D eigenvalue weighted by atomic mass is 10.2. The van der Waals surface area contributed by atoms with Crippen LogP contribution in [0.15, 0.2) is 24.8 Å². The molecular formula is C11H15N5. The summed E-state index contributed by atoms with van der Waals surface area (Å²) >= 11 is 0. The number of pyridine rings is 1. The molecule has 5 heteroatoms. The highest BCUT2D eigenvalue weighted by Crippen LogP contribution is 2.12. The van der Waals surface area contributed by atoms with Crippen molar-refractivity contribution in [2.45, 2.75) is 13.3 Å². The van der Waals surface area contributed by atoms with Crippen LogP contribution < -0.4 is 11.1 Å². The normalized spacial score (nSPS) is 10.3. The summed E-state index contributed by atoms with van der Waals surface area (Å²) in [5, 5.41) is 3.24. The van der Waals surface area contributed by atoms with Gasteiger partial charge in [-0.2, -0.15) is 0 Å². The van der Waals surface area contributed by atoms with Gasteiger partial charge in [-0.1, -0.05) is 0 Å². The predicted octanol–water partition coefficient (Wildman–Crippen LogP) is 1.35. The summed E-state index contributed by atoms with van der Waals surface area (Å²) < 4.78 is 0. The van der Waals surface area contributed by atoms with Gasteiger partial charge in [0.2, 0.25) is 0 Å². The molecule has 0 aliphatic rings. The van der Waals surface area contributed by atoms with E-state index in [0.717, 1.165) is 35.7 Å². The van der Waals surface area contributed by atoms with Gasteiger partial charge < -0.3 is 16.0 Å². The van der Waals surface area contributed by atoms with E-state index in [0.29, 0.717) is 0 Å². The molecule has 0 saturated heterocycles. The molecule has 5 nitrogen and oxygen atoms in total. The van der Waals surface area contributed by atoms with Gasteiger partial charge in [0.25, 0.3) is 0 Å². The van der Waals surface area contributed by atoms with Crippen molar-refractivity contribution in [2.24, 2.45) is 0 Å². The third-order valence-electron chi connectivity index (χ3n) is 2.41. The van der Waals surface area contributed by atoms with E-state index in [1.165, 1.54) is 0 Å². The van der Waals surface area contributed by atoms with Gasteiger partial charge >= 0.3 is 0 Å². The Morgan fingerprint density at radius 3 is 3.00 bits per heavy atom. The molecular weight excluding hydrogens is 202 g/mol. The van der Waals surface area contributed by atoms with Crippen molar-refractivity contribution in [2.75, 3.05) is 17.6 Å². The zero-order valence-electron chi connectivity index (χ0n) is 9.20. The summed E-state index contributed by atoms with van der Waals surface area (Å²) in [4.78, 5) is 11.2. The number of anilines is 2. The molecule has 0 saturated carbocycles. The van der Waals surface area contributed by atoms with Gasteiger partial charge in [-0.15, -0.1) is 0 Å². The van der Waals surface area contributed by atoms with Crippen molar-refractivity contribution in [3.63, 3.8) is 0 Å². The van der Waals surface area contributed by atoms with Gasteiger partial charge in [0.05, 0.1) is 18.2 Å². The lowest BCUT2D eigenvalue weighted by molar-refractivity contribution is 0.967. The van der Waals surface area contributed by atoms with E-state index in [1.807, 2.05) is 19.2 Å². The molecule has 0 atom stereocenters. The number of aromatic nitrogens is 3. The fourth-order valence-corrected chi connectivity index (χ4v) is 1.41. The minimum atomic E-state index is 0.721. The topological polar surface area (TPSA) is 79.6 Å².